The number of nitrogens with zero attached hydrogens (tertiary/aromatic N) is 3. The molecule has 1 aliphatic heterocycles. The largest absolute Gasteiger partial charge is 0.378 e. The Hall–Kier alpha value is -2.86. The molecular weight excluding hydrogens is 328 g/mol. The van der Waals surface area contributed by atoms with Crippen molar-refractivity contribution in [2.75, 3.05) is 31.2 Å². The van der Waals surface area contributed by atoms with Crippen molar-refractivity contribution in [3.05, 3.63) is 60.3 Å². The van der Waals surface area contributed by atoms with Crippen molar-refractivity contribution in [2.45, 2.75) is 13.1 Å². The van der Waals surface area contributed by atoms with E-state index in [2.05, 4.69) is 16.3 Å². The minimum absolute atomic E-state index is 0.0232. The van der Waals surface area contributed by atoms with E-state index in [1.165, 1.54) is 0 Å². The Morgan fingerprint density at radius 3 is 2.69 bits per heavy atom. The molecule has 1 aromatic carbocycles. The molecule has 3 heterocycles. The normalized spacial score (nSPS) is 14.5. The number of nitrogens with one attached hydrogen (secondary N) is 1. The molecule has 0 spiro atoms. The molecule has 26 heavy (non-hydrogen) atoms. The number of hydrogen-bond donors (Lipinski definition) is 1. The van der Waals surface area contributed by atoms with Crippen LogP contribution in [-0.2, 0) is 22.6 Å². The number of carbonyl (C=O) groups excluding carboxylic acids is 1. The summed E-state index contributed by atoms with van der Waals surface area (Å²) in [4.78, 5) is 19.3. The molecule has 0 radical (unpaired) electrons. The van der Waals surface area contributed by atoms with Gasteiger partial charge in [0.05, 0.1) is 13.2 Å². The third kappa shape index (κ3) is 3.70. The van der Waals surface area contributed by atoms with Gasteiger partial charge in [-0.2, -0.15) is 0 Å². The van der Waals surface area contributed by atoms with Crippen molar-refractivity contribution >= 4 is 22.8 Å². The summed E-state index contributed by atoms with van der Waals surface area (Å²) in [5, 5.41) is 4.01. The average Bonchev–Trinajstić information content (AvgIpc) is 3.10. The van der Waals surface area contributed by atoms with E-state index in [0.29, 0.717) is 6.54 Å². The highest BCUT2D eigenvalue weighted by atomic mass is 16.5. The monoisotopic (exact) mass is 350 g/mol. The summed E-state index contributed by atoms with van der Waals surface area (Å²) in [6, 6.07) is 16.0. The summed E-state index contributed by atoms with van der Waals surface area (Å²) in [6.45, 7) is 3.93. The van der Waals surface area contributed by atoms with E-state index in [4.69, 9.17) is 9.72 Å². The van der Waals surface area contributed by atoms with Crippen LogP contribution in [0.15, 0.2) is 54.7 Å². The molecule has 1 amide bonds. The Labute approximate surface area is 152 Å². The van der Waals surface area contributed by atoms with E-state index in [0.717, 1.165) is 48.7 Å². The smallest absolute Gasteiger partial charge is 0.240 e. The maximum Gasteiger partial charge on any atom is 0.240 e. The second-order valence-corrected chi connectivity index (χ2v) is 6.39. The number of hydrogen-bond acceptors (Lipinski definition) is 4. The van der Waals surface area contributed by atoms with Crippen LogP contribution >= 0.6 is 0 Å². The van der Waals surface area contributed by atoms with Crippen molar-refractivity contribution in [1.82, 2.24) is 14.9 Å². The summed E-state index contributed by atoms with van der Waals surface area (Å²) in [7, 11) is 0. The fourth-order valence-corrected chi connectivity index (χ4v) is 3.15. The first-order valence-corrected chi connectivity index (χ1v) is 8.89. The zero-order valence-electron chi connectivity index (χ0n) is 14.6. The van der Waals surface area contributed by atoms with Gasteiger partial charge in [-0.3, -0.25) is 4.79 Å². The zero-order chi connectivity index (χ0) is 17.8. The first-order valence-electron chi connectivity index (χ1n) is 8.89. The molecule has 1 fully saturated rings. The number of fused-ring (bicyclic) bond motifs is 1. The number of ether oxygens (including phenoxy) is 1. The van der Waals surface area contributed by atoms with Crippen LogP contribution in [0, 0.1) is 0 Å². The van der Waals surface area contributed by atoms with Gasteiger partial charge in [-0.25, -0.2) is 4.98 Å². The highest BCUT2D eigenvalue weighted by Gasteiger charge is 2.14. The van der Waals surface area contributed by atoms with Crippen LogP contribution in [0.3, 0.4) is 0 Å². The number of amides is 1. The quantitative estimate of drug-likeness (QED) is 0.766. The van der Waals surface area contributed by atoms with Crippen molar-refractivity contribution in [1.29, 1.82) is 0 Å². The molecule has 4 rings (SSSR count). The lowest BCUT2D eigenvalue weighted by atomic mass is 10.2. The molecule has 1 aliphatic rings. The maximum atomic E-state index is 12.3. The third-order valence-corrected chi connectivity index (χ3v) is 4.58. The number of pyridine rings is 1. The number of aromatic nitrogens is 2. The lowest BCUT2D eigenvalue weighted by Crippen LogP contribution is -2.36. The fourth-order valence-electron chi connectivity index (χ4n) is 3.15. The minimum Gasteiger partial charge on any atom is -0.378 e. The topological polar surface area (TPSA) is 59.4 Å². The van der Waals surface area contributed by atoms with Crippen LogP contribution in [0.5, 0.6) is 0 Å². The van der Waals surface area contributed by atoms with Crippen molar-refractivity contribution in [3.63, 3.8) is 0 Å². The van der Waals surface area contributed by atoms with Crippen LogP contribution < -0.4 is 10.2 Å². The summed E-state index contributed by atoms with van der Waals surface area (Å²) < 4.78 is 7.31. The van der Waals surface area contributed by atoms with E-state index in [9.17, 15) is 4.79 Å². The summed E-state index contributed by atoms with van der Waals surface area (Å²) in [6.07, 6.45) is 1.92. The molecule has 3 aromatic rings. The van der Waals surface area contributed by atoms with Gasteiger partial charge in [-0.15, -0.1) is 0 Å². The predicted octanol–water partition coefficient (Wildman–Crippen LogP) is 2.19. The van der Waals surface area contributed by atoms with Crippen molar-refractivity contribution in [2.24, 2.45) is 0 Å². The molecule has 0 unspecified atom stereocenters. The molecule has 1 saturated heterocycles. The van der Waals surface area contributed by atoms with Crippen LogP contribution in [0.2, 0.25) is 0 Å². The van der Waals surface area contributed by atoms with Gasteiger partial charge >= 0.3 is 0 Å². The van der Waals surface area contributed by atoms with Gasteiger partial charge in [0.15, 0.2) is 0 Å². The standard InChI is InChI=1S/C20H22N4O2/c25-19(21-14-16-4-2-1-3-5-16)15-24-9-8-17-6-7-18(22-20(17)24)23-10-12-26-13-11-23/h1-9H,10-15H2,(H,21,25). The van der Waals surface area contributed by atoms with E-state index < -0.39 is 0 Å². The fraction of sp³-hybridized carbons (Fsp3) is 0.300. The molecule has 6 heteroatoms. The summed E-state index contributed by atoms with van der Waals surface area (Å²) in [5.74, 6) is 0.912. The lowest BCUT2D eigenvalue weighted by molar-refractivity contribution is -0.121. The average molecular weight is 350 g/mol. The first kappa shape index (κ1) is 16.6. The molecule has 6 nitrogen and oxygen atoms in total. The van der Waals surface area contributed by atoms with Gasteiger partial charge in [0.2, 0.25) is 5.91 Å². The Morgan fingerprint density at radius 2 is 1.88 bits per heavy atom. The van der Waals surface area contributed by atoms with Gasteiger partial charge < -0.3 is 19.5 Å². The third-order valence-electron chi connectivity index (χ3n) is 4.58. The van der Waals surface area contributed by atoms with Crippen LogP contribution in [0.25, 0.3) is 11.0 Å². The van der Waals surface area contributed by atoms with Gasteiger partial charge in [-0.05, 0) is 23.8 Å². The van der Waals surface area contributed by atoms with Gasteiger partial charge in [0.25, 0.3) is 0 Å². The molecular formula is C20H22N4O2. The number of rotatable bonds is 5. The maximum absolute atomic E-state index is 12.3. The molecule has 0 saturated carbocycles. The zero-order valence-corrected chi connectivity index (χ0v) is 14.6. The second-order valence-electron chi connectivity index (χ2n) is 6.39. The van der Waals surface area contributed by atoms with Crippen LogP contribution in [0.1, 0.15) is 5.56 Å². The van der Waals surface area contributed by atoms with E-state index in [-0.39, 0.29) is 12.5 Å². The Bertz CT molecular complexity index is 885. The molecule has 0 bridgehead atoms. The highest BCUT2D eigenvalue weighted by molar-refractivity contribution is 5.82. The van der Waals surface area contributed by atoms with Gasteiger partial charge in [0.1, 0.15) is 18.0 Å². The number of morpholine rings is 1. The van der Waals surface area contributed by atoms with E-state index in [1.54, 1.807) is 0 Å². The Balaban J connectivity index is 1.46. The molecule has 2 aromatic heterocycles. The number of benzene rings is 1. The highest BCUT2D eigenvalue weighted by Crippen LogP contribution is 2.20. The lowest BCUT2D eigenvalue weighted by Gasteiger charge is -2.27. The predicted molar refractivity (Wildman–Crippen MR) is 101 cm³/mol. The molecule has 134 valence electrons. The summed E-state index contributed by atoms with van der Waals surface area (Å²) in [5.41, 5.74) is 1.93. The van der Waals surface area contributed by atoms with Crippen LogP contribution in [-0.4, -0.2) is 41.8 Å². The SMILES string of the molecule is O=C(Cn1ccc2ccc(N3CCOCC3)nc21)NCc1ccccc1. The molecule has 1 N–H and O–H groups in total. The van der Waals surface area contributed by atoms with E-state index >= 15 is 0 Å². The number of carbonyl (C=O) groups is 1. The van der Waals surface area contributed by atoms with Crippen LogP contribution in [0.4, 0.5) is 5.82 Å². The van der Waals surface area contributed by atoms with Gasteiger partial charge in [-0.1, -0.05) is 30.3 Å². The molecule has 0 atom stereocenters. The van der Waals surface area contributed by atoms with Crippen molar-refractivity contribution < 1.29 is 9.53 Å². The van der Waals surface area contributed by atoms with E-state index in [1.807, 2.05) is 53.2 Å². The van der Waals surface area contributed by atoms with Gasteiger partial charge in [0, 0.05) is 31.2 Å². The van der Waals surface area contributed by atoms with Crippen molar-refractivity contribution in [3.8, 4) is 0 Å². The first-order chi connectivity index (χ1) is 12.8. The minimum atomic E-state index is -0.0232. The Morgan fingerprint density at radius 1 is 1.08 bits per heavy atom. The second kappa shape index (κ2) is 7.58. The Kier molecular flexibility index (Phi) is 4.84. The number of anilines is 1. The molecule has 0 aliphatic carbocycles. The summed E-state index contributed by atoms with van der Waals surface area (Å²) >= 11 is 0.